The van der Waals surface area contributed by atoms with E-state index in [4.69, 9.17) is 14.2 Å². The van der Waals surface area contributed by atoms with Crippen molar-refractivity contribution in [2.45, 2.75) is 333 Å². The van der Waals surface area contributed by atoms with Crippen molar-refractivity contribution in [3.63, 3.8) is 0 Å². The smallest absolute Gasteiger partial charge is 0.306 e. The molecule has 448 valence electrons. The maximum Gasteiger partial charge on any atom is 0.306 e. The van der Waals surface area contributed by atoms with Gasteiger partial charge in [0.2, 0.25) is 5.91 Å². The number of hydrogen-bond acceptors (Lipinski definition) is 10. The molecule has 1 rings (SSSR count). The van der Waals surface area contributed by atoms with Crippen LogP contribution in [0.25, 0.3) is 0 Å². The summed E-state index contributed by atoms with van der Waals surface area (Å²) in [5.74, 6) is -1.20. The van der Waals surface area contributed by atoms with Crippen LogP contribution in [0.3, 0.4) is 0 Å². The molecule has 0 aliphatic carbocycles. The van der Waals surface area contributed by atoms with E-state index in [9.17, 15) is 35.1 Å². The Morgan fingerprint density at radius 1 is 0.506 bits per heavy atom. The lowest BCUT2D eigenvalue weighted by Gasteiger charge is -2.41. The van der Waals surface area contributed by atoms with Gasteiger partial charge in [-0.15, -0.1) is 0 Å². The standard InChI is InChI=1S/C66H119NO10/c1-4-7-10-13-16-19-22-24-25-26-27-28-29-30-31-32-33-34-35-36-39-42-45-48-51-54-61(71)77-64-63(73)62(72)60(55-68)76-66(64)75-56-57(58(69)52-49-46-43-40-37-21-18-15-12-9-6-3)67-65(74)59(70)53-50-47-44-41-38-23-20-17-14-11-8-5-2/h16,19,24-25,27-28,30-31,49,52,57-60,62-64,66,68-70,72-73H,4-15,17-18,20-23,26,29,32-48,50-51,53-56H2,1-3H3,(H,67,74)/b19-16-,25-24-,28-27-,31-30-,52-49+. The number of ether oxygens (including phenoxy) is 3. The second-order valence-corrected chi connectivity index (χ2v) is 22.1. The number of amides is 1. The van der Waals surface area contributed by atoms with Crippen molar-refractivity contribution in [2.24, 2.45) is 0 Å². The predicted octanol–water partition coefficient (Wildman–Crippen LogP) is 15.4. The zero-order valence-corrected chi connectivity index (χ0v) is 49.6. The normalized spacial score (nSPS) is 19.4. The molecule has 11 heteroatoms. The molecule has 0 saturated carbocycles. The molecule has 11 nitrogen and oxygen atoms in total. The maximum atomic E-state index is 13.4. The third kappa shape index (κ3) is 42.0. The Bertz CT molecular complexity index is 1480. The van der Waals surface area contributed by atoms with E-state index < -0.39 is 67.4 Å². The Morgan fingerprint density at radius 3 is 1.36 bits per heavy atom. The quantitative estimate of drug-likeness (QED) is 0.0195. The average molecular weight is 1090 g/mol. The molecule has 1 aliphatic heterocycles. The van der Waals surface area contributed by atoms with E-state index in [0.29, 0.717) is 19.3 Å². The number of carbonyl (C=O) groups excluding carboxylic acids is 2. The highest BCUT2D eigenvalue weighted by molar-refractivity contribution is 5.80. The molecule has 0 bridgehead atoms. The molecular weight excluding hydrogens is 967 g/mol. The van der Waals surface area contributed by atoms with Crippen LogP contribution in [0.5, 0.6) is 0 Å². The van der Waals surface area contributed by atoms with Crippen molar-refractivity contribution in [1.82, 2.24) is 5.32 Å². The van der Waals surface area contributed by atoms with Crippen LogP contribution in [0.15, 0.2) is 60.8 Å². The number of esters is 1. The van der Waals surface area contributed by atoms with E-state index in [0.717, 1.165) is 89.9 Å². The van der Waals surface area contributed by atoms with Gasteiger partial charge >= 0.3 is 5.97 Å². The summed E-state index contributed by atoms with van der Waals surface area (Å²) < 4.78 is 17.6. The monoisotopic (exact) mass is 1090 g/mol. The molecule has 1 saturated heterocycles. The maximum absolute atomic E-state index is 13.4. The Balaban J connectivity index is 2.58. The fraction of sp³-hybridized carbons (Fsp3) is 0.818. The molecular formula is C66H119NO10. The molecule has 1 fully saturated rings. The van der Waals surface area contributed by atoms with Crippen molar-refractivity contribution >= 4 is 11.9 Å². The number of hydrogen-bond donors (Lipinski definition) is 6. The van der Waals surface area contributed by atoms with E-state index >= 15 is 0 Å². The summed E-state index contributed by atoms with van der Waals surface area (Å²) in [6.07, 6.45) is 56.9. The molecule has 8 unspecified atom stereocenters. The van der Waals surface area contributed by atoms with Crippen molar-refractivity contribution in [2.75, 3.05) is 13.2 Å². The van der Waals surface area contributed by atoms with Crippen molar-refractivity contribution in [1.29, 1.82) is 0 Å². The van der Waals surface area contributed by atoms with Crippen LogP contribution in [0.4, 0.5) is 0 Å². The number of nitrogens with one attached hydrogen (secondary N) is 1. The first-order valence-corrected chi connectivity index (χ1v) is 32.1. The molecule has 77 heavy (non-hydrogen) atoms. The third-order valence-corrected chi connectivity index (χ3v) is 14.9. The third-order valence-electron chi connectivity index (χ3n) is 14.9. The Hall–Kier alpha value is -2.64. The first-order chi connectivity index (χ1) is 37.7. The van der Waals surface area contributed by atoms with Gasteiger partial charge in [0.1, 0.15) is 24.4 Å². The van der Waals surface area contributed by atoms with E-state index in [1.807, 2.05) is 6.08 Å². The van der Waals surface area contributed by atoms with Gasteiger partial charge in [0.25, 0.3) is 0 Å². The summed E-state index contributed by atoms with van der Waals surface area (Å²) >= 11 is 0. The highest BCUT2D eigenvalue weighted by Gasteiger charge is 2.47. The van der Waals surface area contributed by atoms with Gasteiger partial charge < -0.3 is 45.1 Å². The summed E-state index contributed by atoms with van der Waals surface area (Å²) in [5, 5.41) is 56.9. The minimum atomic E-state index is -1.62. The minimum absolute atomic E-state index is 0.116. The van der Waals surface area contributed by atoms with Gasteiger partial charge in [0.05, 0.1) is 25.4 Å². The number of aliphatic hydroxyl groups is 5. The lowest BCUT2D eigenvalue weighted by atomic mass is 9.99. The first kappa shape index (κ1) is 72.4. The number of aliphatic hydroxyl groups excluding tert-OH is 5. The molecule has 1 amide bonds. The van der Waals surface area contributed by atoms with E-state index in [2.05, 4.69) is 74.7 Å². The van der Waals surface area contributed by atoms with E-state index in [-0.39, 0.29) is 13.0 Å². The fourth-order valence-corrected chi connectivity index (χ4v) is 9.81. The SMILES string of the molecule is CCCCC/C=C\C/C=C\C/C=C\C/C=C\CCCCCCCCCCCC(=O)OC1C(OCC(NC(=O)C(O)CCCCCCCCCCCCCC)C(O)/C=C/CCCCCCCCCCC)OC(CO)C(O)C1O. The van der Waals surface area contributed by atoms with Crippen molar-refractivity contribution in [3.8, 4) is 0 Å². The molecule has 1 heterocycles. The van der Waals surface area contributed by atoms with Gasteiger partial charge in [-0.1, -0.05) is 268 Å². The molecule has 6 N–H and O–H groups in total. The topological polar surface area (TPSA) is 175 Å². The van der Waals surface area contributed by atoms with Crippen LogP contribution in [-0.4, -0.2) is 99.6 Å². The molecule has 8 atom stereocenters. The summed E-state index contributed by atoms with van der Waals surface area (Å²) in [5.41, 5.74) is 0. The van der Waals surface area contributed by atoms with Crippen molar-refractivity contribution in [3.05, 3.63) is 60.8 Å². The number of carbonyl (C=O) groups is 2. The fourth-order valence-electron chi connectivity index (χ4n) is 9.81. The molecule has 0 radical (unpaired) electrons. The van der Waals surface area contributed by atoms with Crippen LogP contribution < -0.4 is 5.32 Å². The van der Waals surface area contributed by atoms with E-state index in [1.54, 1.807) is 6.08 Å². The zero-order chi connectivity index (χ0) is 56.1. The van der Waals surface area contributed by atoms with Crippen LogP contribution in [0.1, 0.15) is 284 Å². The number of rotatable bonds is 54. The minimum Gasteiger partial charge on any atom is -0.454 e. The molecule has 0 aromatic heterocycles. The summed E-state index contributed by atoms with van der Waals surface area (Å²) in [6.45, 7) is 5.75. The van der Waals surface area contributed by atoms with Gasteiger partial charge in [-0.3, -0.25) is 9.59 Å². The summed E-state index contributed by atoms with van der Waals surface area (Å²) in [7, 11) is 0. The van der Waals surface area contributed by atoms with Gasteiger partial charge in [-0.2, -0.15) is 0 Å². The Labute approximate surface area is 471 Å². The highest BCUT2D eigenvalue weighted by atomic mass is 16.7. The molecule has 0 aromatic carbocycles. The zero-order valence-electron chi connectivity index (χ0n) is 49.6. The summed E-state index contributed by atoms with van der Waals surface area (Å²) in [4.78, 5) is 26.5. The van der Waals surface area contributed by atoms with E-state index in [1.165, 1.54) is 148 Å². The van der Waals surface area contributed by atoms with Gasteiger partial charge in [-0.25, -0.2) is 0 Å². The van der Waals surface area contributed by atoms with Crippen molar-refractivity contribution < 1.29 is 49.3 Å². The van der Waals surface area contributed by atoms with Crippen LogP contribution in [0, 0.1) is 0 Å². The summed E-state index contributed by atoms with van der Waals surface area (Å²) in [6, 6.07) is -1.02. The lowest BCUT2D eigenvalue weighted by Crippen LogP contribution is -2.61. The van der Waals surface area contributed by atoms with Gasteiger partial charge in [-0.05, 0) is 70.6 Å². The molecule has 0 spiro atoms. The largest absolute Gasteiger partial charge is 0.454 e. The number of allylic oxidation sites excluding steroid dienone is 9. The average Bonchev–Trinajstić information content (AvgIpc) is 3.43. The second kappa shape index (κ2) is 54.0. The van der Waals surface area contributed by atoms with Gasteiger partial charge in [0.15, 0.2) is 12.4 Å². The molecule has 1 aliphatic rings. The van der Waals surface area contributed by atoms with Gasteiger partial charge in [0, 0.05) is 6.42 Å². The predicted molar refractivity (Wildman–Crippen MR) is 320 cm³/mol. The first-order valence-electron chi connectivity index (χ1n) is 32.1. The number of unbranched alkanes of at least 4 members (excludes halogenated alkanes) is 32. The highest BCUT2D eigenvalue weighted by Crippen LogP contribution is 2.26. The van der Waals surface area contributed by atoms with Crippen LogP contribution >= 0.6 is 0 Å². The Morgan fingerprint density at radius 2 is 0.896 bits per heavy atom. The second-order valence-electron chi connectivity index (χ2n) is 22.1. The van der Waals surface area contributed by atoms with Crippen LogP contribution in [0.2, 0.25) is 0 Å². The Kier molecular flexibility index (Phi) is 50.7. The van der Waals surface area contributed by atoms with Crippen LogP contribution in [-0.2, 0) is 23.8 Å². The molecule has 0 aromatic rings. The lowest BCUT2D eigenvalue weighted by molar-refractivity contribution is -0.305.